The highest BCUT2D eigenvalue weighted by Crippen LogP contribution is 2.47. The molecule has 486 valence electrons. The molecule has 0 saturated heterocycles. The summed E-state index contributed by atoms with van der Waals surface area (Å²) in [6, 6.07) is 49.1. The fraction of sp³-hybridized carbons (Fsp3) is 0.457. The van der Waals surface area contributed by atoms with Gasteiger partial charge in [-0.15, -0.1) is 22.7 Å². The van der Waals surface area contributed by atoms with E-state index in [4.69, 9.17) is 18.9 Å². The average molecular weight is 1270 g/mol. The van der Waals surface area contributed by atoms with Crippen LogP contribution < -0.4 is 28.4 Å². The summed E-state index contributed by atoms with van der Waals surface area (Å²) in [4.78, 5) is 19.2. The molecule has 0 unspecified atom stereocenters. The van der Waals surface area contributed by atoms with Crippen LogP contribution in [0.2, 0.25) is 0 Å². The molecular weight excluding hydrogens is 1160 g/mol. The van der Waals surface area contributed by atoms with Crippen molar-refractivity contribution in [1.82, 2.24) is 0 Å². The second-order valence-electron chi connectivity index (χ2n) is 24.6. The van der Waals surface area contributed by atoms with E-state index in [0.29, 0.717) is 26.4 Å². The van der Waals surface area contributed by atoms with Crippen LogP contribution in [-0.4, -0.2) is 37.5 Å². The van der Waals surface area contributed by atoms with E-state index in [-0.39, 0.29) is 6.54 Å². The van der Waals surface area contributed by atoms with Gasteiger partial charge in [-0.2, -0.15) is 4.57 Å². The maximum Gasteiger partial charge on any atom is 0.370 e. The highest BCUT2D eigenvalue weighted by Gasteiger charge is 2.22. The molecule has 0 spiro atoms. The molecule has 8 nitrogen and oxygen atoms in total. The number of aromatic nitrogens is 1. The zero-order chi connectivity index (χ0) is 63.8. The molecule has 5 aromatic carbocycles. The van der Waals surface area contributed by atoms with Crippen LogP contribution in [0.25, 0.3) is 52.9 Å². The summed E-state index contributed by atoms with van der Waals surface area (Å²) in [7, 11) is 0. The monoisotopic (exact) mass is 1270 g/mol. The van der Waals surface area contributed by atoms with Gasteiger partial charge in [0.05, 0.1) is 26.4 Å². The summed E-state index contributed by atoms with van der Waals surface area (Å²) >= 11 is 3.81. The molecule has 0 aliphatic carbocycles. The molecule has 91 heavy (non-hydrogen) atoms. The lowest BCUT2D eigenvalue weighted by Gasteiger charge is -2.26. The first-order valence-electron chi connectivity index (χ1n) is 35.1. The molecule has 0 radical (unpaired) electrons. The minimum absolute atomic E-state index is 0.0550. The van der Waals surface area contributed by atoms with Gasteiger partial charge in [-0.1, -0.05) is 194 Å². The van der Waals surface area contributed by atoms with Gasteiger partial charge >= 0.3 is 5.97 Å². The molecule has 8 rings (SSSR count). The van der Waals surface area contributed by atoms with Gasteiger partial charge in [0.2, 0.25) is 6.54 Å². The quantitative estimate of drug-likeness (QED) is 0.0301. The highest BCUT2D eigenvalue weighted by molar-refractivity contribution is 7.25. The Kier molecular flexibility index (Phi) is 29.9. The third kappa shape index (κ3) is 21.6. The van der Waals surface area contributed by atoms with Gasteiger partial charge in [0.15, 0.2) is 12.4 Å². The van der Waals surface area contributed by atoms with Crippen molar-refractivity contribution < 1.29 is 33.4 Å². The Labute approximate surface area is 555 Å². The van der Waals surface area contributed by atoms with E-state index < -0.39 is 5.97 Å². The average Bonchev–Trinajstić information content (AvgIpc) is 2.00. The van der Waals surface area contributed by atoms with Crippen molar-refractivity contribution in [3.8, 4) is 75.9 Å². The molecule has 0 fully saturated rings. The van der Waals surface area contributed by atoms with Crippen LogP contribution >= 0.6 is 22.7 Å². The lowest BCUT2D eigenvalue weighted by Crippen LogP contribution is -2.36. The number of aliphatic carboxylic acids is 1. The largest absolute Gasteiger partial charge is 0.493 e. The first-order valence-corrected chi connectivity index (χ1v) is 36.7. The number of nitrogens with zero attached hydrogens (tertiary/aromatic N) is 2. The van der Waals surface area contributed by atoms with Crippen LogP contribution in [0, 0.1) is 0 Å². The molecule has 0 aliphatic rings. The fourth-order valence-electron chi connectivity index (χ4n) is 11.9. The molecule has 1 N–H and O–H groups in total. The van der Waals surface area contributed by atoms with Gasteiger partial charge in [0.25, 0.3) is 0 Å². The fourth-order valence-corrected chi connectivity index (χ4v) is 14.4. The zero-order valence-electron chi connectivity index (χ0n) is 56.0. The normalized spacial score (nSPS) is 11.3. The van der Waals surface area contributed by atoms with Gasteiger partial charge in [0, 0.05) is 77.5 Å². The number of thiophene rings is 2. The second kappa shape index (κ2) is 38.8. The lowest BCUT2D eigenvalue weighted by molar-refractivity contribution is -0.685. The third-order valence-electron chi connectivity index (χ3n) is 17.1. The molecule has 0 amide bonds. The number of hydrogen-bond acceptors (Lipinski definition) is 8. The number of aryl methyl sites for hydroxylation is 2. The predicted octanol–water partition coefficient (Wildman–Crippen LogP) is 24.1. The number of carbonyl (C=O) groups is 1. The van der Waals surface area contributed by atoms with E-state index in [2.05, 4.69) is 180 Å². The molecule has 3 aromatic heterocycles. The number of unbranched alkanes of at least 4 members (excludes halogenated alkanes) is 18. The van der Waals surface area contributed by atoms with E-state index in [9.17, 15) is 9.90 Å². The number of carboxylic acid groups (broad SMARTS) is 1. The second-order valence-corrected chi connectivity index (χ2v) is 26.7. The Morgan fingerprint density at radius 1 is 0.385 bits per heavy atom. The van der Waals surface area contributed by atoms with E-state index in [0.717, 1.165) is 132 Å². The Balaban J connectivity index is 1.16. The standard InChI is InChI=1S/C81H104N2O6S2/c1-7-13-19-25-31-66-58-78(81-67(32-26-20-14-8-2)57-77(90-81)64-49-51-82(52-50-64)61-79(84)85)91-80(66)65-37-43-70(44-38-65)83(68-39-33-62(34-40-68)73-47-45-71(86-53-27-21-15-9-3)59-75(73)88-55-29-23-17-11-5)69-41-35-63(36-42-69)74-48-46-72(87-54-28-22-16-10-4)60-76(74)89-56-30-24-18-12-6/h33-52,57-60H,7-32,53-56,61H2,1-6H3/p+1. The predicted molar refractivity (Wildman–Crippen MR) is 386 cm³/mol. The van der Waals surface area contributed by atoms with Gasteiger partial charge in [-0.25, -0.2) is 4.79 Å². The van der Waals surface area contributed by atoms with Gasteiger partial charge in [-0.05, 0) is 152 Å². The maximum atomic E-state index is 11.5. The molecule has 8 aromatic rings. The third-order valence-corrected chi connectivity index (χ3v) is 19.8. The van der Waals surface area contributed by atoms with Crippen LogP contribution in [0.5, 0.6) is 23.0 Å². The summed E-state index contributed by atoms with van der Waals surface area (Å²) in [5.41, 5.74) is 12.7. The summed E-state index contributed by atoms with van der Waals surface area (Å²) in [6.45, 7) is 16.2. The number of hydrogen-bond donors (Lipinski definition) is 1. The van der Waals surface area contributed by atoms with Crippen molar-refractivity contribution in [3.05, 3.63) is 157 Å². The molecule has 3 heterocycles. The smallest absolute Gasteiger partial charge is 0.370 e. The van der Waals surface area contributed by atoms with Crippen molar-refractivity contribution in [2.24, 2.45) is 0 Å². The SMILES string of the molecule is CCCCCCOc1ccc(-c2ccc(N(c3ccc(-c4ccc(OCCCCCC)cc4OCCCCCC)cc3)c3ccc(-c4sc(-c5sc(-c6cc[n+](CC(=O)O)cc6)cc5CCCCCC)cc4CCCCCC)cc3)cc2)c(OCCCCCC)c1. The summed E-state index contributed by atoms with van der Waals surface area (Å²) in [5, 5.41) is 9.46. The number of benzene rings is 5. The number of anilines is 3. The van der Waals surface area contributed by atoms with Crippen molar-refractivity contribution in [1.29, 1.82) is 0 Å². The molecule has 0 atom stereocenters. The summed E-state index contributed by atoms with van der Waals surface area (Å²) in [6.07, 6.45) is 33.9. The Morgan fingerprint density at radius 2 is 0.758 bits per heavy atom. The van der Waals surface area contributed by atoms with Crippen molar-refractivity contribution in [2.75, 3.05) is 31.3 Å². The first-order chi connectivity index (χ1) is 44.7. The number of ether oxygens (including phenoxy) is 4. The van der Waals surface area contributed by atoms with Crippen molar-refractivity contribution in [3.63, 3.8) is 0 Å². The highest BCUT2D eigenvalue weighted by atomic mass is 32.1. The Morgan fingerprint density at radius 3 is 1.18 bits per heavy atom. The van der Waals surface area contributed by atoms with E-state index in [1.165, 1.54) is 139 Å². The van der Waals surface area contributed by atoms with E-state index in [1.807, 2.05) is 35.1 Å². The van der Waals surface area contributed by atoms with Gasteiger partial charge in [-0.3, -0.25) is 0 Å². The van der Waals surface area contributed by atoms with Crippen LogP contribution in [0.1, 0.15) is 207 Å². The summed E-state index contributed by atoms with van der Waals surface area (Å²) < 4.78 is 27.6. The van der Waals surface area contributed by atoms with Crippen LogP contribution in [-0.2, 0) is 24.2 Å². The first kappa shape index (κ1) is 70.0. The number of carboxylic acids is 1. The minimum Gasteiger partial charge on any atom is -0.493 e. The number of pyridine rings is 1. The van der Waals surface area contributed by atoms with Crippen molar-refractivity contribution >= 4 is 45.7 Å². The molecule has 0 aliphatic heterocycles. The molecule has 10 heteroatoms. The Hall–Kier alpha value is -6.88. The molecule has 0 saturated carbocycles. The van der Waals surface area contributed by atoms with Crippen molar-refractivity contribution in [2.45, 2.75) is 215 Å². The maximum absolute atomic E-state index is 11.5. The topological polar surface area (TPSA) is 81.3 Å². The zero-order valence-corrected chi connectivity index (χ0v) is 57.6. The van der Waals surface area contributed by atoms with Gasteiger partial charge in [0.1, 0.15) is 23.0 Å². The van der Waals surface area contributed by atoms with Crippen LogP contribution in [0.4, 0.5) is 17.1 Å². The molecular formula is C81H105N2O6S2+. The van der Waals surface area contributed by atoms with E-state index in [1.54, 1.807) is 4.57 Å². The number of rotatable bonds is 44. The molecule has 0 bridgehead atoms. The van der Waals surface area contributed by atoms with Crippen LogP contribution in [0.15, 0.2) is 146 Å². The lowest BCUT2D eigenvalue weighted by atomic mass is 10.0. The summed E-state index contributed by atoms with van der Waals surface area (Å²) in [5.74, 6) is 2.59. The Bertz CT molecular complexity index is 3250. The minimum atomic E-state index is -0.845. The van der Waals surface area contributed by atoms with Crippen LogP contribution in [0.3, 0.4) is 0 Å². The van der Waals surface area contributed by atoms with Gasteiger partial charge < -0.3 is 29.0 Å². The van der Waals surface area contributed by atoms with E-state index >= 15 is 0 Å².